The first-order valence-electron chi connectivity index (χ1n) is 11.5. The van der Waals surface area contributed by atoms with Gasteiger partial charge in [-0.05, 0) is 36.8 Å². The zero-order valence-electron chi connectivity index (χ0n) is 19.1. The monoisotopic (exact) mass is 473 g/mol. The number of carbonyl (C=O) groups excluding carboxylic acids is 1. The maximum absolute atomic E-state index is 13.3. The Morgan fingerprint density at radius 2 is 1.65 bits per heavy atom. The fourth-order valence-electron chi connectivity index (χ4n) is 4.16. The van der Waals surface area contributed by atoms with E-state index in [-0.39, 0.29) is 11.2 Å². The Bertz CT molecular complexity index is 1200. The summed E-state index contributed by atoms with van der Waals surface area (Å²) >= 11 is 1.43. The van der Waals surface area contributed by atoms with Gasteiger partial charge in [-0.3, -0.25) is 14.3 Å². The number of aromatic nitrogens is 3. The van der Waals surface area contributed by atoms with Gasteiger partial charge >= 0.3 is 0 Å². The van der Waals surface area contributed by atoms with Crippen LogP contribution in [-0.4, -0.2) is 61.9 Å². The van der Waals surface area contributed by atoms with Gasteiger partial charge in [0.25, 0.3) is 0 Å². The Morgan fingerprint density at radius 3 is 2.32 bits per heavy atom. The number of piperazine rings is 1. The van der Waals surface area contributed by atoms with Crippen molar-refractivity contribution in [1.82, 2.24) is 24.6 Å². The number of para-hydroxylation sites is 1. The Hall–Kier alpha value is -3.36. The highest BCUT2D eigenvalue weighted by Gasteiger charge is 2.28. The number of hydrogen-bond donors (Lipinski definition) is 0. The second kappa shape index (κ2) is 10.3. The highest BCUT2D eigenvalue weighted by atomic mass is 32.2. The second-order valence-corrected chi connectivity index (χ2v) is 9.61. The lowest BCUT2D eigenvalue weighted by Crippen LogP contribution is -2.50. The van der Waals surface area contributed by atoms with Gasteiger partial charge in [0.2, 0.25) is 11.7 Å². The number of benzene rings is 2. The van der Waals surface area contributed by atoms with E-state index in [0.717, 1.165) is 38.4 Å². The molecule has 0 aliphatic carbocycles. The maximum atomic E-state index is 13.3. The van der Waals surface area contributed by atoms with E-state index >= 15 is 0 Å². The summed E-state index contributed by atoms with van der Waals surface area (Å²) in [7, 11) is 0. The van der Waals surface area contributed by atoms with Crippen molar-refractivity contribution in [2.24, 2.45) is 0 Å². The number of rotatable bonds is 7. The summed E-state index contributed by atoms with van der Waals surface area (Å²) in [5, 5.41) is 9.18. The summed E-state index contributed by atoms with van der Waals surface area (Å²) in [5.41, 5.74) is 2.23. The van der Waals surface area contributed by atoms with Crippen molar-refractivity contribution >= 4 is 17.7 Å². The van der Waals surface area contributed by atoms with Crippen LogP contribution < -0.4 is 0 Å². The molecule has 1 fully saturated rings. The fourth-order valence-corrected chi connectivity index (χ4v) is 5.11. The molecular weight excluding hydrogens is 446 g/mol. The maximum Gasteiger partial charge on any atom is 0.235 e. The highest BCUT2D eigenvalue weighted by molar-refractivity contribution is 8.00. The molecular formula is C26H27N5O2S. The highest BCUT2D eigenvalue weighted by Crippen LogP contribution is 2.31. The van der Waals surface area contributed by atoms with Gasteiger partial charge in [-0.15, -0.1) is 10.2 Å². The number of amides is 1. The third-order valence-electron chi connectivity index (χ3n) is 5.95. The molecule has 0 spiro atoms. The zero-order valence-corrected chi connectivity index (χ0v) is 19.9. The van der Waals surface area contributed by atoms with Crippen molar-refractivity contribution in [3.63, 3.8) is 0 Å². The van der Waals surface area contributed by atoms with Gasteiger partial charge in [0.05, 0.1) is 11.5 Å². The van der Waals surface area contributed by atoms with Crippen LogP contribution in [0.4, 0.5) is 0 Å². The van der Waals surface area contributed by atoms with Crippen LogP contribution in [0.2, 0.25) is 0 Å². The molecule has 1 atom stereocenters. The van der Waals surface area contributed by atoms with Crippen LogP contribution in [0, 0.1) is 0 Å². The van der Waals surface area contributed by atoms with Gasteiger partial charge in [0.1, 0.15) is 0 Å². The van der Waals surface area contributed by atoms with Gasteiger partial charge in [-0.25, -0.2) is 0 Å². The quantitative estimate of drug-likeness (QED) is 0.372. The van der Waals surface area contributed by atoms with Crippen molar-refractivity contribution in [1.29, 1.82) is 0 Å². The molecule has 0 bridgehead atoms. The van der Waals surface area contributed by atoms with E-state index in [2.05, 4.69) is 39.4 Å². The second-order valence-electron chi connectivity index (χ2n) is 8.30. The third kappa shape index (κ3) is 4.93. The molecule has 0 saturated carbocycles. The van der Waals surface area contributed by atoms with E-state index in [1.807, 2.05) is 64.9 Å². The SMILES string of the molecule is C[C@H](Sc1nnc(-c2ccco2)n1-c1ccccc1)C(=O)N1CCN(Cc2ccccc2)CC1. The first-order chi connectivity index (χ1) is 16.7. The van der Waals surface area contributed by atoms with Crippen LogP contribution in [-0.2, 0) is 11.3 Å². The minimum atomic E-state index is -0.281. The molecule has 2 aromatic heterocycles. The Kier molecular flexibility index (Phi) is 6.78. The molecule has 1 saturated heterocycles. The molecule has 2 aromatic carbocycles. The summed E-state index contributed by atoms with van der Waals surface area (Å²) in [5.74, 6) is 1.39. The Balaban J connectivity index is 1.26. The number of hydrogen-bond acceptors (Lipinski definition) is 6. The van der Waals surface area contributed by atoms with E-state index in [4.69, 9.17) is 4.42 Å². The smallest absolute Gasteiger partial charge is 0.235 e. The summed E-state index contributed by atoms with van der Waals surface area (Å²) in [6, 6.07) is 24.1. The van der Waals surface area contributed by atoms with Gasteiger partial charge in [-0.1, -0.05) is 60.3 Å². The molecule has 34 heavy (non-hydrogen) atoms. The average Bonchev–Trinajstić information content (AvgIpc) is 3.55. The van der Waals surface area contributed by atoms with Gasteiger partial charge in [0.15, 0.2) is 10.9 Å². The summed E-state index contributed by atoms with van der Waals surface area (Å²) in [6.07, 6.45) is 1.62. The lowest BCUT2D eigenvalue weighted by atomic mass is 10.2. The molecule has 0 unspecified atom stereocenters. The molecule has 0 N–H and O–H groups in total. The first-order valence-corrected chi connectivity index (χ1v) is 12.3. The molecule has 4 aromatic rings. The summed E-state index contributed by atoms with van der Waals surface area (Å²) in [6.45, 7) is 6.09. The third-order valence-corrected chi connectivity index (χ3v) is 6.98. The lowest BCUT2D eigenvalue weighted by Gasteiger charge is -2.35. The van der Waals surface area contributed by atoms with Crippen LogP contribution >= 0.6 is 11.8 Å². The lowest BCUT2D eigenvalue weighted by molar-refractivity contribution is -0.132. The number of carbonyl (C=O) groups is 1. The van der Waals surface area contributed by atoms with E-state index in [0.29, 0.717) is 16.7 Å². The fraction of sp³-hybridized carbons (Fsp3) is 0.269. The number of furan rings is 1. The van der Waals surface area contributed by atoms with Crippen LogP contribution in [0.15, 0.2) is 88.6 Å². The van der Waals surface area contributed by atoms with Gasteiger partial charge < -0.3 is 9.32 Å². The van der Waals surface area contributed by atoms with Gasteiger partial charge in [0, 0.05) is 38.4 Å². The molecule has 3 heterocycles. The normalized spacial score (nSPS) is 15.4. The van der Waals surface area contributed by atoms with E-state index < -0.39 is 0 Å². The first kappa shape index (κ1) is 22.4. The molecule has 1 aliphatic rings. The minimum absolute atomic E-state index is 0.131. The van der Waals surface area contributed by atoms with Crippen LogP contribution in [0.25, 0.3) is 17.3 Å². The number of thioether (sulfide) groups is 1. The van der Waals surface area contributed by atoms with Crippen LogP contribution in [0.5, 0.6) is 0 Å². The average molecular weight is 474 g/mol. The van der Waals surface area contributed by atoms with Crippen molar-refractivity contribution in [3.8, 4) is 17.3 Å². The molecule has 7 nitrogen and oxygen atoms in total. The summed E-state index contributed by atoms with van der Waals surface area (Å²) < 4.78 is 7.53. The Morgan fingerprint density at radius 1 is 0.941 bits per heavy atom. The molecule has 1 amide bonds. The standard InChI is InChI=1S/C26H27N5O2S/c1-20(25(32)30-16-14-29(15-17-30)19-21-9-4-2-5-10-21)34-26-28-27-24(23-13-8-18-33-23)31(26)22-11-6-3-7-12-22/h2-13,18,20H,14-17,19H2,1H3/t20-/m0/s1. The predicted octanol–water partition coefficient (Wildman–Crippen LogP) is 4.35. The minimum Gasteiger partial charge on any atom is -0.461 e. The largest absolute Gasteiger partial charge is 0.461 e. The van der Waals surface area contributed by atoms with Gasteiger partial charge in [-0.2, -0.15) is 0 Å². The predicted molar refractivity (Wildman–Crippen MR) is 133 cm³/mol. The van der Waals surface area contributed by atoms with E-state index in [1.165, 1.54) is 17.3 Å². The summed E-state index contributed by atoms with van der Waals surface area (Å²) in [4.78, 5) is 17.6. The van der Waals surface area contributed by atoms with E-state index in [9.17, 15) is 4.79 Å². The molecule has 5 rings (SSSR count). The number of nitrogens with zero attached hydrogens (tertiary/aromatic N) is 5. The molecule has 8 heteroatoms. The Labute approximate surface area is 203 Å². The van der Waals surface area contributed by atoms with Crippen molar-refractivity contribution in [2.45, 2.75) is 23.9 Å². The molecule has 0 radical (unpaired) electrons. The van der Waals surface area contributed by atoms with Crippen molar-refractivity contribution < 1.29 is 9.21 Å². The topological polar surface area (TPSA) is 67.4 Å². The van der Waals surface area contributed by atoms with Crippen molar-refractivity contribution in [3.05, 3.63) is 84.6 Å². The van der Waals surface area contributed by atoms with E-state index in [1.54, 1.807) is 6.26 Å². The van der Waals surface area contributed by atoms with Crippen molar-refractivity contribution in [2.75, 3.05) is 26.2 Å². The van der Waals surface area contributed by atoms with Crippen LogP contribution in [0.1, 0.15) is 12.5 Å². The van der Waals surface area contributed by atoms with Crippen LogP contribution in [0.3, 0.4) is 0 Å². The zero-order chi connectivity index (χ0) is 23.3. The molecule has 174 valence electrons. The molecule has 1 aliphatic heterocycles.